The van der Waals surface area contributed by atoms with Crippen molar-refractivity contribution >= 4 is 12.0 Å². The quantitative estimate of drug-likeness (QED) is 0.815. The van der Waals surface area contributed by atoms with Crippen molar-refractivity contribution in [1.29, 1.82) is 0 Å². The van der Waals surface area contributed by atoms with Gasteiger partial charge in [-0.15, -0.1) is 0 Å². The van der Waals surface area contributed by atoms with Gasteiger partial charge in [-0.25, -0.2) is 9.59 Å². The third kappa shape index (κ3) is 4.39. The van der Waals surface area contributed by atoms with Crippen LogP contribution < -0.4 is 5.32 Å². The standard InChI is InChI=1S/C15H28N2O3/c1-5-11(3)13(14(18)19)16-15(20)17(4)12-8-6-10(2)7-9-12/h10-13H,5-9H2,1-4H3,(H,16,20)(H,18,19)/t10?,11-,12?,13-/m0/s1. The Hall–Kier alpha value is -1.26. The maximum atomic E-state index is 12.2. The molecule has 20 heavy (non-hydrogen) atoms. The van der Waals surface area contributed by atoms with Crippen molar-refractivity contribution in [3.05, 3.63) is 0 Å². The largest absolute Gasteiger partial charge is 0.480 e. The maximum Gasteiger partial charge on any atom is 0.326 e. The van der Waals surface area contributed by atoms with Crippen molar-refractivity contribution in [2.24, 2.45) is 11.8 Å². The summed E-state index contributed by atoms with van der Waals surface area (Å²) < 4.78 is 0. The van der Waals surface area contributed by atoms with Crippen LogP contribution >= 0.6 is 0 Å². The number of aliphatic carboxylic acids is 1. The number of amides is 2. The molecule has 0 aliphatic heterocycles. The van der Waals surface area contributed by atoms with Crippen molar-refractivity contribution in [3.63, 3.8) is 0 Å². The molecule has 0 aromatic rings. The summed E-state index contributed by atoms with van der Waals surface area (Å²) in [5, 5.41) is 11.9. The molecule has 2 N–H and O–H groups in total. The Morgan fingerprint density at radius 3 is 2.30 bits per heavy atom. The Bertz CT molecular complexity index is 338. The van der Waals surface area contributed by atoms with Gasteiger partial charge >= 0.3 is 12.0 Å². The molecule has 0 saturated heterocycles. The minimum absolute atomic E-state index is 0.0729. The lowest BCUT2D eigenvalue weighted by molar-refractivity contribution is -0.140. The summed E-state index contributed by atoms with van der Waals surface area (Å²) in [6.45, 7) is 6.01. The van der Waals surface area contributed by atoms with Gasteiger partial charge in [-0.05, 0) is 37.5 Å². The van der Waals surface area contributed by atoms with Gasteiger partial charge < -0.3 is 15.3 Å². The molecule has 0 unspecified atom stereocenters. The van der Waals surface area contributed by atoms with Gasteiger partial charge in [-0.3, -0.25) is 0 Å². The highest BCUT2D eigenvalue weighted by Gasteiger charge is 2.29. The minimum Gasteiger partial charge on any atom is -0.480 e. The van der Waals surface area contributed by atoms with Crippen LogP contribution in [-0.2, 0) is 4.79 Å². The maximum absolute atomic E-state index is 12.2. The molecule has 1 rings (SSSR count). The van der Waals surface area contributed by atoms with Crippen LogP contribution in [-0.4, -0.2) is 41.1 Å². The van der Waals surface area contributed by atoms with Gasteiger partial charge in [0.05, 0.1) is 0 Å². The van der Waals surface area contributed by atoms with Crippen LogP contribution in [0.25, 0.3) is 0 Å². The molecule has 5 heteroatoms. The van der Waals surface area contributed by atoms with Gasteiger partial charge in [-0.1, -0.05) is 27.2 Å². The number of carbonyl (C=O) groups is 2. The molecular formula is C15H28N2O3. The average molecular weight is 284 g/mol. The molecule has 0 bridgehead atoms. The molecule has 5 nitrogen and oxygen atoms in total. The summed E-state index contributed by atoms with van der Waals surface area (Å²) in [5.41, 5.74) is 0. The number of nitrogens with one attached hydrogen (secondary N) is 1. The van der Waals surface area contributed by atoms with E-state index in [1.165, 1.54) is 0 Å². The topological polar surface area (TPSA) is 69.6 Å². The number of carboxylic acid groups (broad SMARTS) is 1. The van der Waals surface area contributed by atoms with E-state index in [1.54, 1.807) is 11.9 Å². The molecule has 0 aromatic heterocycles. The Morgan fingerprint density at radius 1 is 1.30 bits per heavy atom. The summed E-state index contributed by atoms with van der Waals surface area (Å²) in [6, 6.07) is -0.840. The van der Waals surface area contributed by atoms with Crippen molar-refractivity contribution in [2.75, 3.05) is 7.05 Å². The van der Waals surface area contributed by atoms with Crippen LogP contribution in [0.3, 0.4) is 0 Å². The molecule has 0 radical (unpaired) electrons. The highest BCUT2D eigenvalue weighted by atomic mass is 16.4. The number of hydrogen-bond donors (Lipinski definition) is 2. The van der Waals surface area contributed by atoms with Crippen molar-refractivity contribution < 1.29 is 14.7 Å². The van der Waals surface area contributed by atoms with E-state index in [1.807, 2.05) is 13.8 Å². The second kappa shape index (κ2) is 7.50. The summed E-state index contributed by atoms with van der Waals surface area (Å²) >= 11 is 0. The number of urea groups is 1. The van der Waals surface area contributed by atoms with Gasteiger partial charge in [0.1, 0.15) is 6.04 Å². The first-order valence-corrected chi connectivity index (χ1v) is 7.62. The van der Waals surface area contributed by atoms with Crippen LogP contribution in [0.5, 0.6) is 0 Å². The van der Waals surface area contributed by atoms with E-state index in [4.69, 9.17) is 0 Å². The molecule has 2 atom stereocenters. The van der Waals surface area contributed by atoms with Crippen LogP contribution in [0.4, 0.5) is 4.79 Å². The van der Waals surface area contributed by atoms with Gasteiger partial charge in [0.25, 0.3) is 0 Å². The summed E-state index contributed by atoms with van der Waals surface area (Å²) in [5.74, 6) is -0.302. The monoisotopic (exact) mass is 284 g/mol. The zero-order valence-electron chi connectivity index (χ0n) is 13.1. The first kappa shape index (κ1) is 16.8. The van der Waals surface area contributed by atoms with Crippen LogP contribution in [0.2, 0.25) is 0 Å². The molecule has 1 fully saturated rings. The molecule has 116 valence electrons. The smallest absolute Gasteiger partial charge is 0.326 e. The van der Waals surface area contributed by atoms with E-state index >= 15 is 0 Å². The van der Waals surface area contributed by atoms with Gasteiger partial charge in [-0.2, -0.15) is 0 Å². The second-order valence-electron chi connectivity index (χ2n) is 6.18. The van der Waals surface area contributed by atoms with Crippen LogP contribution in [0.1, 0.15) is 52.9 Å². The third-order valence-electron chi connectivity index (χ3n) is 4.61. The Balaban J connectivity index is 2.57. The number of carboxylic acids is 1. The predicted octanol–water partition coefficient (Wildman–Crippen LogP) is 2.71. The summed E-state index contributed by atoms with van der Waals surface area (Å²) in [7, 11) is 1.77. The van der Waals surface area contributed by atoms with E-state index in [0.29, 0.717) is 0 Å². The van der Waals surface area contributed by atoms with E-state index in [-0.39, 0.29) is 18.0 Å². The predicted molar refractivity (Wildman–Crippen MR) is 78.6 cm³/mol. The lowest BCUT2D eigenvalue weighted by atomic mass is 9.87. The lowest BCUT2D eigenvalue weighted by Crippen LogP contribution is -2.52. The van der Waals surface area contributed by atoms with Crippen LogP contribution in [0.15, 0.2) is 0 Å². The van der Waals surface area contributed by atoms with Gasteiger partial charge in [0, 0.05) is 13.1 Å². The number of nitrogens with zero attached hydrogens (tertiary/aromatic N) is 1. The fourth-order valence-electron chi connectivity index (χ4n) is 2.71. The normalized spacial score (nSPS) is 25.6. The van der Waals surface area contributed by atoms with E-state index < -0.39 is 12.0 Å². The lowest BCUT2D eigenvalue weighted by Gasteiger charge is -2.34. The second-order valence-corrected chi connectivity index (χ2v) is 6.18. The molecule has 1 saturated carbocycles. The molecule has 1 aliphatic rings. The molecule has 2 amide bonds. The number of rotatable bonds is 5. The number of hydrogen-bond acceptors (Lipinski definition) is 2. The third-order valence-corrected chi connectivity index (χ3v) is 4.61. The molecule has 0 spiro atoms. The fourth-order valence-corrected chi connectivity index (χ4v) is 2.71. The number of carbonyl (C=O) groups excluding carboxylic acids is 1. The zero-order valence-corrected chi connectivity index (χ0v) is 13.1. The van der Waals surface area contributed by atoms with Gasteiger partial charge in [0.15, 0.2) is 0 Å². The molecular weight excluding hydrogens is 256 g/mol. The summed E-state index contributed by atoms with van der Waals surface area (Å²) in [4.78, 5) is 25.1. The van der Waals surface area contributed by atoms with Crippen LogP contribution in [0, 0.1) is 11.8 Å². The highest BCUT2D eigenvalue weighted by Crippen LogP contribution is 2.26. The van der Waals surface area contributed by atoms with Crippen molar-refractivity contribution in [3.8, 4) is 0 Å². The molecule has 0 heterocycles. The first-order chi connectivity index (χ1) is 9.36. The average Bonchev–Trinajstić information content (AvgIpc) is 2.43. The minimum atomic E-state index is -0.960. The Morgan fingerprint density at radius 2 is 1.85 bits per heavy atom. The zero-order chi connectivity index (χ0) is 15.3. The van der Waals surface area contributed by atoms with E-state index in [9.17, 15) is 14.7 Å². The van der Waals surface area contributed by atoms with Crippen molar-refractivity contribution in [2.45, 2.75) is 65.0 Å². The first-order valence-electron chi connectivity index (χ1n) is 7.62. The Labute approximate surface area is 121 Å². The molecule has 1 aliphatic carbocycles. The Kier molecular flexibility index (Phi) is 6.30. The van der Waals surface area contributed by atoms with E-state index in [0.717, 1.165) is 38.0 Å². The van der Waals surface area contributed by atoms with Gasteiger partial charge in [0.2, 0.25) is 0 Å². The fraction of sp³-hybridized carbons (Fsp3) is 0.867. The van der Waals surface area contributed by atoms with Crippen molar-refractivity contribution in [1.82, 2.24) is 10.2 Å². The van der Waals surface area contributed by atoms with E-state index in [2.05, 4.69) is 12.2 Å². The summed E-state index contributed by atoms with van der Waals surface area (Å²) in [6.07, 6.45) is 5.01. The highest BCUT2D eigenvalue weighted by molar-refractivity contribution is 5.82. The SMILES string of the molecule is CC[C@H](C)[C@H](NC(=O)N(C)C1CCC(C)CC1)C(=O)O. The molecule has 0 aromatic carbocycles.